The predicted octanol–water partition coefficient (Wildman–Crippen LogP) is 4.92. The van der Waals surface area contributed by atoms with Crippen LogP contribution >= 0.6 is 11.6 Å². The van der Waals surface area contributed by atoms with E-state index in [1.807, 2.05) is 25.1 Å². The summed E-state index contributed by atoms with van der Waals surface area (Å²) in [5, 5.41) is 14.9. The highest BCUT2D eigenvalue weighted by Crippen LogP contribution is 2.32. The molecule has 4 rings (SSSR count). The molecule has 1 fully saturated rings. The first-order valence-electron chi connectivity index (χ1n) is 11.2. The van der Waals surface area contributed by atoms with Gasteiger partial charge in [-0.3, -0.25) is 4.79 Å². The van der Waals surface area contributed by atoms with Crippen molar-refractivity contribution >= 4 is 44.5 Å². The highest BCUT2D eigenvalue weighted by Gasteiger charge is 2.33. The molecule has 0 radical (unpaired) electrons. The fourth-order valence-corrected chi connectivity index (χ4v) is 6.48. The number of sulfonamides is 1. The summed E-state index contributed by atoms with van der Waals surface area (Å²) in [5.41, 5.74) is 3.35. The van der Waals surface area contributed by atoms with Crippen molar-refractivity contribution in [2.45, 2.75) is 43.5 Å². The molecule has 1 heterocycles. The molecule has 2 N–H and O–H groups in total. The molecule has 34 heavy (non-hydrogen) atoms. The molecule has 1 saturated heterocycles. The number of nitrogens with zero attached hydrogens (tertiary/aromatic N) is 2. The molecule has 9 heteroatoms. The Hall–Kier alpha value is -2.94. The van der Waals surface area contributed by atoms with Crippen LogP contribution in [0.2, 0.25) is 5.02 Å². The van der Waals surface area contributed by atoms with Crippen LogP contribution in [-0.4, -0.2) is 42.5 Å². The van der Waals surface area contributed by atoms with E-state index in [2.05, 4.69) is 10.5 Å². The number of amides is 1. The SMILES string of the molecule is CCC1CCCCN1S(=O)(=O)c1ccc(C=NNC(=O)c2ccc(O)c(Cl)c2)c2ccccc12. The number of nitrogens with one attached hydrogen (secondary N) is 1. The molecule has 3 aromatic rings. The number of aromatic hydroxyl groups is 1. The Morgan fingerprint density at radius 1 is 1.18 bits per heavy atom. The molecule has 0 aliphatic carbocycles. The lowest BCUT2D eigenvalue weighted by atomic mass is 10.0. The largest absolute Gasteiger partial charge is 0.506 e. The molecule has 7 nitrogen and oxygen atoms in total. The normalized spacial score (nSPS) is 17.3. The first-order chi connectivity index (χ1) is 16.3. The molecular formula is C25H26ClN3O4S. The summed E-state index contributed by atoms with van der Waals surface area (Å²) in [6.07, 6.45) is 5.06. The number of piperidine rings is 1. The van der Waals surface area contributed by atoms with Crippen molar-refractivity contribution in [2.24, 2.45) is 5.10 Å². The summed E-state index contributed by atoms with van der Waals surface area (Å²) >= 11 is 5.86. The molecule has 1 unspecified atom stereocenters. The Balaban J connectivity index is 1.63. The second-order valence-electron chi connectivity index (χ2n) is 8.24. The zero-order valence-electron chi connectivity index (χ0n) is 18.7. The molecule has 3 aromatic carbocycles. The molecule has 178 valence electrons. The third-order valence-electron chi connectivity index (χ3n) is 6.13. The first kappa shape index (κ1) is 24.2. The summed E-state index contributed by atoms with van der Waals surface area (Å²) in [5.74, 6) is -0.601. The maximum atomic E-state index is 13.6. The van der Waals surface area contributed by atoms with Crippen molar-refractivity contribution < 1.29 is 18.3 Å². The minimum atomic E-state index is -3.66. The van der Waals surface area contributed by atoms with Gasteiger partial charge >= 0.3 is 0 Å². The van der Waals surface area contributed by atoms with Crippen LogP contribution in [0.5, 0.6) is 5.75 Å². The van der Waals surface area contributed by atoms with Crippen LogP contribution < -0.4 is 5.43 Å². The third kappa shape index (κ3) is 4.80. The van der Waals surface area contributed by atoms with Crippen molar-refractivity contribution in [3.05, 3.63) is 70.7 Å². The Kier molecular flexibility index (Phi) is 7.21. The van der Waals surface area contributed by atoms with Gasteiger partial charge in [0.1, 0.15) is 5.75 Å². The van der Waals surface area contributed by atoms with E-state index in [-0.39, 0.29) is 27.3 Å². The van der Waals surface area contributed by atoms with Crippen molar-refractivity contribution in [1.29, 1.82) is 0 Å². The number of carbonyl (C=O) groups excluding carboxylic acids is 1. The number of phenols is 1. The summed E-state index contributed by atoms with van der Waals surface area (Å²) < 4.78 is 28.8. The lowest BCUT2D eigenvalue weighted by molar-refractivity contribution is 0.0955. The number of halogens is 1. The van der Waals surface area contributed by atoms with E-state index < -0.39 is 15.9 Å². The van der Waals surface area contributed by atoms with Crippen LogP contribution in [0.15, 0.2) is 64.6 Å². The molecule has 1 aliphatic heterocycles. The molecule has 0 bridgehead atoms. The fourth-order valence-electron chi connectivity index (χ4n) is 4.33. The molecule has 1 atom stereocenters. The zero-order chi connectivity index (χ0) is 24.3. The predicted molar refractivity (Wildman–Crippen MR) is 134 cm³/mol. The third-order valence-corrected chi connectivity index (χ3v) is 8.44. The first-order valence-corrected chi connectivity index (χ1v) is 13.0. The summed E-state index contributed by atoms with van der Waals surface area (Å²) in [7, 11) is -3.66. The standard InChI is InChI=1S/C25H26ClN3O4S/c1-2-19-7-5-6-14-29(19)34(32,33)24-13-11-18(20-8-3-4-9-21(20)24)16-27-28-25(31)17-10-12-23(30)22(26)15-17/h3-4,8-13,15-16,19,30H,2,5-7,14H2,1H3,(H,28,31). The number of carbonyl (C=O) groups is 1. The molecule has 0 aromatic heterocycles. The maximum absolute atomic E-state index is 13.6. The van der Waals surface area contributed by atoms with E-state index in [0.29, 0.717) is 17.5 Å². The lowest BCUT2D eigenvalue weighted by Crippen LogP contribution is -2.43. The van der Waals surface area contributed by atoms with Gasteiger partial charge in [0.25, 0.3) is 5.91 Å². The van der Waals surface area contributed by atoms with Crippen LogP contribution in [0.25, 0.3) is 10.8 Å². The van der Waals surface area contributed by atoms with Gasteiger partial charge in [-0.15, -0.1) is 0 Å². The van der Waals surface area contributed by atoms with E-state index in [1.165, 1.54) is 24.4 Å². The summed E-state index contributed by atoms with van der Waals surface area (Å²) in [6.45, 7) is 2.56. The maximum Gasteiger partial charge on any atom is 0.271 e. The number of rotatable bonds is 6. The van der Waals surface area contributed by atoms with E-state index in [0.717, 1.165) is 31.1 Å². The van der Waals surface area contributed by atoms with E-state index >= 15 is 0 Å². The van der Waals surface area contributed by atoms with Gasteiger partial charge in [-0.25, -0.2) is 13.8 Å². The summed E-state index contributed by atoms with van der Waals surface area (Å²) in [4.78, 5) is 12.6. The second-order valence-corrected chi connectivity index (χ2v) is 10.5. The molecule has 1 aliphatic rings. The number of hydrogen-bond acceptors (Lipinski definition) is 5. The number of hydrogen-bond donors (Lipinski definition) is 2. The molecule has 0 saturated carbocycles. The Bertz CT molecular complexity index is 1360. The Labute approximate surface area is 204 Å². The van der Waals surface area contributed by atoms with Crippen molar-refractivity contribution in [2.75, 3.05) is 6.54 Å². The smallest absolute Gasteiger partial charge is 0.271 e. The van der Waals surface area contributed by atoms with Gasteiger partial charge in [0.15, 0.2) is 0 Å². The molecular weight excluding hydrogens is 474 g/mol. The second kappa shape index (κ2) is 10.1. The van der Waals surface area contributed by atoms with Gasteiger partial charge in [-0.05, 0) is 48.9 Å². The molecule has 0 spiro atoms. The van der Waals surface area contributed by atoms with Crippen molar-refractivity contribution in [3.8, 4) is 5.75 Å². The lowest BCUT2D eigenvalue weighted by Gasteiger charge is -2.34. The monoisotopic (exact) mass is 499 g/mol. The van der Waals surface area contributed by atoms with Gasteiger partial charge in [0.05, 0.1) is 16.1 Å². The Morgan fingerprint density at radius 2 is 1.94 bits per heavy atom. The molecule has 1 amide bonds. The van der Waals surface area contributed by atoms with Gasteiger partial charge in [0, 0.05) is 29.1 Å². The quantitative estimate of drug-likeness (QED) is 0.371. The van der Waals surface area contributed by atoms with Crippen molar-refractivity contribution in [1.82, 2.24) is 9.73 Å². The van der Waals surface area contributed by atoms with Crippen LogP contribution in [0.3, 0.4) is 0 Å². The average Bonchev–Trinajstić information content (AvgIpc) is 2.85. The van der Waals surface area contributed by atoms with Crippen LogP contribution in [0.4, 0.5) is 0 Å². The number of phenolic OH excluding ortho intramolecular Hbond substituents is 1. The number of fused-ring (bicyclic) bond motifs is 1. The zero-order valence-corrected chi connectivity index (χ0v) is 20.3. The van der Waals surface area contributed by atoms with Gasteiger partial charge in [-0.1, -0.05) is 55.3 Å². The van der Waals surface area contributed by atoms with Crippen LogP contribution in [0, 0.1) is 0 Å². The number of hydrazone groups is 1. The van der Waals surface area contributed by atoms with Crippen LogP contribution in [-0.2, 0) is 10.0 Å². The average molecular weight is 500 g/mol. The highest BCUT2D eigenvalue weighted by atomic mass is 35.5. The minimum Gasteiger partial charge on any atom is -0.506 e. The number of benzene rings is 3. The van der Waals surface area contributed by atoms with E-state index in [4.69, 9.17) is 11.6 Å². The van der Waals surface area contributed by atoms with Gasteiger partial charge in [0.2, 0.25) is 10.0 Å². The minimum absolute atomic E-state index is 0.0161. The fraction of sp³-hybridized carbons (Fsp3) is 0.280. The van der Waals surface area contributed by atoms with Gasteiger partial charge < -0.3 is 5.11 Å². The topological polar surface area (TPSA) is 99.1 Å². The Morgan fingerprint density at radius 3 is 2.68 bits per heavy atom. The van der Waals surface area contributed by atoms with Crippen LogP contribution in [0.1, 0.15) is 48.5 Å². The van der Waals surface area contributed by atoms with Gasteiger partial charge in [-0.2, -0.15) is 9.41 Å². The van der Waals surface area contributed by atoms with E-state index in [9.17, 15) is 18.3 Å². The summed E-state index contributed by atoms with van der Waals surface area (Å²) in [6, 6.07) is 14.7. The van der Waals surface area contributed by atoms with E-state index in [1.54, 1.807) is 22.5 Å². The highest BCUT2D eigenvalue weighted by molar-refractivity contribution is 7.89. The van der Waals surface area contributed by atoms with Crippen molar-refractivity contribution in [3.63, 3.8) is 0 Å².